The van der Waals surface area contributed by atoms with Crippen molar-refractivity contribution in [3.8, 4) is 0 Å². The third-order valence-electron chi connectivity index (χ3n) is 1.86. The summed E-state index contributed by atoms with van der Waals surface area (Å²) in [7, 11) is 0. The summed E-state index contributed by atoms with van der Waals surface area (Å²) in [6, 6.07) is 0. The van der Waals surface area contributed by atoms with E-state index in [0.29, 0.717) is 12.5 Å². The highest BCUT2D eigenvalue weighted by molar-refractivity contribution is 5.26. The summed E-state index contributed by atoms with van der Waals surface area (Å²) in [4.78, 5) is 0. The van der Waals surface area contributed by atoms with Crippen molar-refractivity contribution in [2.75, 3.05) is 0 Å². The molecule has 0 spiro atoms. The average Bonchev–Trinajstić information content (AvgIpc) is 2.30. The summed E-state index contributed by atoms with van der Waals surface area (Å²) >= 11 is 0. The highest BCUT2D eigenvalue weighted by Crippen LogP contribution is 2.18. The van der Waals surface area contributed by atoms with E-state index >= 15 is 0 Å². The fourth-order valence-corrected chi connectivity index (χ4v) is 1.21. The van der Waals surface area contributed by atoms with E-state index in [9.17, 15) is 0 Å². The number of aromatic nitrogens is 2. The quantitative estimate of drug-likeness (QED) is 0.672. The summed E-state index contributed by atoms with van der Waals surface area (Å²) in [6.45, 7) is 6.82. The number of hydrogen-bond acceptors (Lipinski definition) is 2. The van der Waals surface area contributed by atoms with Crippen molar-refractivity contribution in [2.24, 2.45) is 5.73 Å². The summed E-state index contributed by atoms with van der Waals surface area (Å²) in [5.41, 5.74) is 8.94. The standard InChI is InChI=1S/C8H15N3/c1-5(2)8-7(4-9)6(3)10-11-8/h5H,4,9H2,1-3H3,(H,10,11). The summed E-state index contributed by atoms with van der Waals surface area (Å²) < 4.78 is 0. The second kappa shape index (κ2) is 3.05. The number of aryl methyl sites for hydroxylation is 1. The van der Waals surface area contributed by atoms with Crippen molar-refractivity contribution >= 4 is 0 Å². The number of aromatic amines is 1. The second-order valence-corrected chi connectivity index (χ2v) is 3.07. The SMILES string of the molecule is Cc1[nH]nc(C(C)C)c1CN. The monoisotopic (exact) mass is 153 g/mol. The molecule has 0 saturated carbocycles. The number of nitrogens with two attached hydrogens (primary N) is 1. The molecule has 0 fully saturated rings. The van der Waals surface area contributed by atoms with E-state index in [4.69, 9.17) is 5.73 Å². The number of rotatable bonds is 2. The maximum atomic E-state index is 5.57. The normalized spacial score (nSPS) is 11.0. The van der Waals surface area contributed by atoms with E-state index < -0.39 is 0 Å². The van der Waals surface area contributed by atoms with E-state index in [0.717, 1.165) is 11.4 Å². The van der Waals surface area contributed by atoms with E-state index in [-0.39, 0.29) is 0 Å². The third-order valence-corrected chi connectivity index (χ3v) is 1.86. The molecule has 0 unspecified atom stereocenters. The van der Waals surface area contributed by atoms with Gasteiger partial charge in [0.05, 0.1) is 5.69 Å². The lowest BCUT2D eigenvalue weighted by Gasteiger charge is -2.02. The zero-order valence-corrected chi connectivity index (χ0v) is 7.31. The minimum absolute atomic E-state index is 0.457. The molecule has 3 heteroatoms. The first-order chi connectivity index (χ1) is 5.16. The molecule has 62 valence electrons. The molecule has 1 aromatic heterocycles. The first-order valence-corrected chi connectivity index (χ1v) is 3.90. The maximum absolute atomic E-state index is 5.57. The zero-order valence-electron chi connectivity index (χ0n) is 7.31. The van der Waals surface area contributed by atoms with E-state index in [1.807, 2.05) is 6.92 Å². The molecule has 0 aliphatic heterocycles. The van der Waals surface area contributed by atoms with Crippen LogP contribution >= 0.6 is 0 Å². The van der Waals surface area contributed by atoms with Crippen LogP contribution in [0.4, 0.5) is 0 Å². The Kier molecular flexibility index (Phi) is 2.29. The van der Waals surface area contributed by atoms with Crippen molar-refractivity contribution < 1.29 is 0 Å². The molecule has 1 heterocycles. The Morgan fingerprint density at radius 1 is 1.55 bits per heavy atom. The molecule has 0 amide bonds. The topological polar surface area (TPSA) is 54.7 Å². The van der Waals surface area contributed by atoms with Crippen molar-refractivity contribution in [3.05, 3.63) is 17.0 Å². The van der Waals surface area contributed by atoms with E-state index in [1.165, 1.54) is 5.56 Å². The van der Waals surface area contributed by atoms with Gasteiger partial charge >= 0.3 is 0 Å². The van der Waals surface area contributed by atoms with Crippen molar-refractivity contribution in [1.29, 1.82) is 0 Å². The van der Waals surface area contributed by atoms with Gasteiger partial charge in [-0.3, -0.25) is 5.10 Å². The van der Waals surface area contributed by atoms with Gasteiger partial charge in [-0.05, 0) is 12.8 Å². The van der Waals surface area contributed by atoms with Crippen LogP contribution in [-0.2, 0) is 6.54 Å². The fraction of sp³-hybridized carbons (Fsp3) is 0.625. The molecule has 0 saturated heterocycles. The Bertz CT molecular complexity index is 237. The molecule has 1 rings (SSSR count). The molecule has 0 aliphatic carbocycles. The molecule has 3 nitrogen and oxygen atoms in total. The minimum Gasteiger partial charge on any atom is -0.326 e. The van der Waals surface area contributed by atoms with Crippen molar-refractivity contribution in [3.63, 3.8) is 0 Å². The van der Waals surface area contributed by atoms with Crippen LogP contribution < -0.4 is 5.73 Å². The van der Waals surface area contributed by atoms with Gasteiger partial charge in [0.1, 0.15) is 0 Å². The van der Waals surface area contributed by atoms with Gasteiger partial charge in [0.25, 0.3) is 0 Å². The Morgan fingerprint density at radius 2 is 2.18 bits per heavy atom. The number of hydrogen-bond donors (Lipinski definition) is 2. The van der Waals surface area contributed by atoms with Gasteiger partial charge in [0.2, 0.25) is 0 Å². The first-order valence-electron chi connectivity index (χ1n) is 3.90. The number of nitrogens with zero attached hydrogens (tertiary/aromatic N) is 1. The van der Waals surface area contributed by atoms with Gasteiger partial charge in [0.15, 0.2) is 0 Å². The molecule has 3 N–H and O–H groups in total. The fourth-order valence-electron chi connectivity index (χ4n) is 1.21. The lowest BCUT2D eigenvalue weighted by atomic mass is 10.0. The van der Waals surface area contributed by atoms with E-state index in [1.54, 1.807) is 0 Å². The first kappa shape index (κ1) is 8.27. The average molecular weight is 153 g/mol. The largest absolute Gasteiger partial charge is 0.326 e. The molecule has 1 aromatic rings. The molecular formula is C8H15N3. The van der Waals surface area contributed by atoms with Gasteiger partial charge in [0, 0.05) is 17.8 Å². The molecule has 0 atom stereocenters. The van der Waals surface area contributed by atoms with Crippen LogP contribution in [0.15, 0.2) is 0 Å². The molecule has 0 aromatic carbocycles. The van der Waals surface area contributed by atoms with Crippen molar-refractivity contribution in [1.82, 2.24) is 10.2 Å². The van der Waals surface area contributed by atoms with E-state index in [2.05, 4.69) is 24.0 Å². The highest BCUT2D eigenvalue weighted by Gasteiger charge is 2.10. The Labute approximate surface area is 67.0 Å². The predicted octanol–water partition coefficient (Wildman–Crippen LogP) is 1.30. The van der Waals surface area contributed by atoms with Crippen LogP contribution in [0.2, 0.25) is 0 Å². The maximum Gasteiger partial charge on any atom is 0.0695 e. The number of H-pyrrole nitrogens is 1. The van der Waals surface area contributed by atoms with Gasteiger partial charge in [-0.2, -0.15) is 5.10 Å². The molecule has 0 bridgehead atoms. The van der Waals surface area contributed by atoms with Crippen LogP contribution in [0.25, 0.3) is 0 Å². The summed E-state index contributed by atoms with van der Waals surface area (Å²) in [6.07, 6.45) is 0. The third kappa shape index (κ3) is 1.43. The van der Waals surface area contributed by atoms with Gasteiger partial charge in [-0.25, -0.2) is 0 Å². The van der Waals surface area contributed by atoms with Crippen LogP contribution in [0.3, 0.4) is 0 Å². The molecule has 0 aliphatic rings. The van der Waals surface area contributed by atoms with Gasteiger partial charge < -0.3 is 5.73 Å². The summed E-state index contributed by atoms with van der Waals surface area (Å²) in [5, 5.41) is 7.12. The Balaban J connectivity index is 3.05. The predicted molar refractivity (Wildman–Crippen MR) is 45.3 cm³/mol. The van der Waals surface area contributed by atoms with Crippen LogP contribution in [0.5, 0.6) is 0 Å². The van der Waals surface area contributed by atoms with Crippen LogP contribution in [0.1, 0.15) is 36.7 Å². The lowest BCUT2D eigenvalue weighted by molar-refractivity contribution is 0.794. The minimum atomic E-state index is 0.457. The number of nitrogens with one attached hydrogen (secondary N) is 1. The molecule has 0 radical (unpaired) electrons. The molecule has 11 heavy (non-hydrogen) atoms. The Morgan fingerprint density at radius 3 is 2.55 bits per heavy atom. The smallest absolute Gasteiger partial charge is 0.0695 e. The van der Waals surface area contributed by atoms with Crippen LogP contribution in [0, 0.1) is 6.92 Å². The van der Waals surface area contributed by atoms with Crippen LogP contribution in [-0.4, -0.2) is 10.2 Å². The lowest BCUT2D eigenvalue weighted by Crippen LogP contribution is -2.02. The van der Waals surface area contributed by atoms with Gasteiger partial charge in [-0.15, -0.1) is 0 Å². The highest BCUT2D eigenvalue weighted by atomic mass is 15.1. The van der Waals surface area contributed by atoms with Gasteiger partial charge in [-0.1, -0.05) is 13.8 Å². The van der Waals surface area contributed by atoms with Crippen molar-refractivity contribution in [2.45, 2.75) is 33.2 Å². The second-order valence-electron chi connectivity index (χ2n) is 3.07. The molecular weight excluding hydrogens is 138 g/mol. The Hall–Kier alpha value is -0.830. The summed E-state index contributed by atoms with van der Waals surface area (Å²) in [5.74, 6) is 0.457. The zero-order chi connectivity index (χ0) is 8.43.